The van der Waals surface area contributed by atoms with Gasteiger partial charge in [0, 0.05) is 5.56 Å². The molecule has 0 saturated carbocycles. The molecule has 0 aliphatic heterocycles. The van der Waals surface area contributed by atoms with E-state index in [1.54, 1.807) is 11.3 Å². The highest BCUT2D eigenvalue weighted by Gasteiger charge is 2.17. The summed E-state index contributed by atoms with van der Waals surface area (Å²) in [5.74, 6) is 0.205. The van der Waals surface area contributed by atoms with Crippen molar-refractivity contribution in [3.8, 4) is 11.4 Å². The van der Waals surface area contributed by atoms with Crippen LogP contribution < -0.4 is 5.14 Å². The zero-order valence-electron chi connectivity index (χ0n) is 26.5. The first-order valence-electron chi connectivity index (χ1n) is 15.6. The summed E-state index contributed by atoms with van der Waals surface area (Å²) < 4.78 is 24.4. The minimum Gasteiger partial charge on any atom is -0.679 e. The van der Waals surface area contributed by atoms with E-state index in [0.29, 0.717) is 17.8 Å². The summed E-state index contributed by atoms with van der Waals surface area (Å²) >= 11 is 7.59. The van der Waals surface area contributed by atoms with Gasteiger partial charge in [0.1, 0.15) is 4.90 Å². The molecule has 0 spiro atoms. The van der Waals surface area contributed by atoms with Gasteiger partial charge in [0.25, 0.3) is 0 Å². The van der Waals surface area contributed by atoms with Crippen LogP contribution in [0.15, 0.2) is 34.5 Å². The molecule has 3 aromatic rings. The third-order valence-electron chi connectivity index (χ3n) is 7.11. The lowest BCUT2D eigenvalue weighted by Gasteiger charge is -2.24. The molecule has 9 nitrogen and oxygen atoms in total. The lowest BCUT2D eigenvalue weighted by Crippen LogP contribution is -2.35. The Morgan fingerprint density at radius 1 is 0.930 bits per heavy atom. The summed E-state index contributed by atoms with van der Waals surface area (Å²) in [6.45, 7) is 4.05. The van der Waals surface area contributed by atoms with Crippen LogP contribution >= 0.6 is 22.9 Å². The van der Waals surface area contributed by atoms with Crippen LogP contribution in [0.25, 0.3) is 16.7 Å². The Balaban J connectivity index is 0.000000304. The molecule has 3 rings (SSSR count). The van der Waals surface area contributed by atoms with Gasteiger partial charge in [0.05, 0.1) is 32.7 Å². The van der Waals surface area contributed by atoms with Gasteiger partial charge in [-0.2, -0.15) is 16.6 Å². The maximum Gasteiger partial charge on any atom is 0.239 e. The number of hydrogen-bond donors (Lipinski definition) is 2. The molecule has 0 saturated heterocycles. The highest BCUT2D eigenvalue weighted by atomic mass is 35.5. The van der Waals surface area contributed by atoms with Gasteiger partial charge in [-0.3, -0.25) is 0 Å². The number of benzene rings is 1. The number of hydrogen-bond acceptors (Lipinski definition) is 6. The van der Waals surface area contributed by atoms with Gasteiger partial charge in [0.15, 0.2) is 0 Å². The Morgan fingerprint density at radius 3 is 1.98 bits per heavy atom. The Kier molecular flexibility index (Phi) is 17.3. The van der Waals surface area contributed by atoms with Crippen molar-refractivity contribution in [1.82, 2.24) is 20.6 Å². The second kappa shape index (κ2) is 20.1. The number of aromatic amines is 1. The summed E-state index contributed by atoms with van der Waals surface area (Å²) in [4.78, 5) is 0.838. The van der Waals surface area contributed by atoms with Crippen molar-refractivity contribution in [2.75, 3.05) is 27.7 Å². The van der Waals surface area contributed by atoms with E-state index in [-0.39, 0.29) is 15.7 Å². The number of unbranched alkanes of at least 4 members (excludes halogenated alkanes) is 13. The zero-order valence-corrected chi connectivity index (χ0v) is 28.9. The number of quaternary nitrogens is 1. The Labute approximate surface area is 268 Å². The summed E-state index contributed by atoms with van der Waals surface area (Å²) in [6, 6.07) is 6.60. The molecule has 3 N–H and O–H groups in total. The molecule has 12 heteroatoms. The molecule has 1 aromatic carbocycles. The molecular weight excluding hydrogens is 602 g/mol. The van der Waals surface area contributed by atoms with E-state index >= 15 is 0 Å². The molecule has 0 bridgehead atoms. The topological polar surface area (TPSA) is 129 Å². The van der Waals surface area contributed by atoms with Crippen molar-refractivity contribution in [3.05, 3.63) is 44.9 Å². The molecule has 0 aliphatic rings. The lowest BCUT2D eigenvalue weighted by atomic mass is 10.0. The third-order valence-corrected chi connectivity index (χ3v) is 9.35. The molecule has 0 amide bonds. The van der Waals surface area contributed by atoms with Crippen LogP contribution in [0.2, 0.25) is 5.02 Å². The van der Waals surface area contributed by atoms with Gasteiger partial charge in [-0.05, 0) is 40.4 Å². The number of thiophene rings is 1. The number of primary sulfonamides is 1. The second-order valence-corrected chi connectivity index (χ2v) is 15.1. The minimum atomic E-state index is -3.98. The average molecular weight is 654 g/mol. The van der Waals surface area contributed by atoms with E-state index in [2.05, 4.69) is 54.0 Å². The summed E-state index contributed by atoms with van der Waals surface area (Å²) in [5, 5.41) is 25.1. The maximum atomic E-state index is 11.6. The van der Waals surface area contributed by atoms with Crippen LogP contribution in [0.4, 0.5) is 5.69 Å². The van der Waals surface area contributed by atoms with Crippen LogP contribution in [0, 0.1) is 0 Å². The fourth-order valence-corrected chi connectivity index (χ4v) is 6.41. The van der Waals surface area contributed by atoms with Gasteiger partial charge in [-0.1, -0.05) is 114 Å². The van der Waals surface area contributed by atoms with Crippen LogP contribution in [-0.2, 0) is 16.6 Å². The van der Waals surface area contributed by atoms with Crippen LogP contribution in [0.1, 0.15) is 102 Å². The first-order chi connectivity index (χ1) is 20.5. The molecule has 0 unspecified atom stereocenters. The Morgan fingerprint density at radius 2 is 1.51 bits per heavy atom. The van der Waals surface area contributed by atoms with E-state index in [1.165, 1.54) is 109 Å². The van der Waals surface area contributed by atoms with Gasteiger partial charge in [-0.15, -0.1) is 15.9 Å². The first kappa shape index (κ1) is 37.1. The predicted molar refractivity (Wildman–Crippen MR) is 180 cm³/mol. The van der Waals surface area contributed by atoms with Gasteiger partial charge >= 0.3 is 0 Å². The van der Waals surface area contributed by atoms with E-state index in [9.17, 15) is 8.42 Å². The number of nitrogens with two attached hydrogens (primary N) is 1. The fourth-order valence-electron chi connectivity index (χ4n) is 4.69. The van der Waals surface area contributed by atoms with E-state index in [1.807, 2.05) is 17.5 Å². The van der Waals surface area contributed by atoms with Crippen molar-refractivity contribution in [2.24, 2.45) is 5.14 Å². The smallest absolute Gasteiger partial charge is 0.239 e. The van der Waals surface area contributed by atoms with Crippen molar-refractivity contribution < 1.29 is 12.9 Å². The van der Waals surface area contributed by atoms with Crippen molar-refractivity contribution >= 4 is 38.6 Å². The maximum absolute atomic E-state index is 11.6. The Hall–Kier alpha value is -2.05. The van der Waals surface area contributed by atoms with E-state index in [0.717, 1.165) is 9.36 Å². The largest absolute Gasteiger partial charge is 0.679 e. The predicted octanol–water partition coefficient (Wildman–Crippen LogP) is 8.61. The zero-order chi connectivity index (χ0) is 31.6. The monoisotopic (exact) mass is 653 g/mol. The van der Waals surface area contributed by atoms with Crippen molar-refractivity contribution in [1.29, 1.82) is 0 Å². The SMILES string of the molecule is CCCCCCCCCCCCCCCC[N+](C)(C)C.NS(=O)(=O)c1cc(-c2nn[nH]n2)c([N-]Cc2cccs2)cc1Cl. The third kappa shape index (κ3) is 16.0. The average Bonchev–Trinajstić information content (AvgIpc) is 3.66. The number of halogens is 1. The number of rotatable bonds is 20. The van der Waals surface area contributed by atoms with Gasteiger partial charge in [0.2, 0.25) is 15.8 Å². The van der Waals surface area contributed by atoms with Crippen LogP contribution in [-0.4, -0.2) is 61.2 Å². The molecule has 2 heterocycles. The van der Waals surface area contributed by atoms with E-state index in [4.69, 9.17) is 16.7 Å². The van der Waals surface area contributed by atoms with Gasteiger partial charge < -0.3 is 9.80 Å². The molecular formula is C31H52ClN7O2S2. The standard InChI is InChI=1S/C19H42N.C12H10ClN6O2S2/c1-5-6-7-8-9-10-11-12-13-14-15-16-17-18-19-20(2,3)4;13-9-5-10(15-6-7-2-1-3-22-7)8(12-16-18-19-17-12)4-11(9)23(14,20)21/h5-19H2,1-4H3;1-5H,6H2,(H2,14,20,21)(H,16,17,18,19)/q+1;-1. The number of aromatic nitrogens is 4. The number of nitrogens with zero attached hydrogens (tertiary/aromatic N) is 5. The number of sulfonamides is 1. The molecule has 242 valence electrons. The highest BCUT2D eigenvalue weighted by molar-refractivity contribution is 7.89. The van der Waals surface area contributed by atoms with Crippen LogP contribution in [0.5, 0.6) is 0 Å². The lowest BCUT2D eigenvalue weighted by molar-refractivity contribution is -0.870. The normalized spacial score (nSPS) is 11.8. The summed E-state index contributed by atoms with van der Waals surface area (Å²) in [7, 11) is 2.90. The van der Waals surface area contributed by atoms with Crippen molar-refractivity contribution in [3.63, 3.8) is 0 Å². The number of tetrazole rings is 1. The summed E-state index contributed by atoms with van der Waals surface area (Å²) in [5.41, 5.74) is 0.834. The molecule has 43 heavy (non-hydrogen) atoms. The quantitative estimate of drug-likeness (QED) is 0.0932. The molecule has 0 radical (unpaired) electrons. The highest BCUT2D eigenvalue weighted by Crippen LogP contribution is 2.38. The number of H-pyrrole nitrogens is 1. The second-order valence-electron chi connectivity index (χ2n) is 12.1. The molecule has 0 fully saturated rings. The van der Waals surface area contributed by atoms with E-state index < -0.39 is 10.0 Å². The summed E-state index contributed by atoms with van der Waals surface area (Å²) in [6.07, 6.45) is 20.4. The minimum absolute atomic E-state index is 0.00956. The molecule has 0 atom stereocenters. The van der Waals surface area contributed by atoms with Crippen LogP contribution in [0.3, 0.4) is 0 Å². The fraction of sp³-hybridized carbons (Fsp3) is 0.645. The molecule has 0 aliphatic carbocycles. The van der Waals surface area contributed by atoms with Gasteiger partial charge in [-0.25, -0.2) is 13.6 Å². The number of nitrogens with one attached hydrogen (secondary N) is 1. The Bertz CT molecular complexity index is 1250. The van der Waals surface area contributed by atoms with Crippen molar-refractivity contribution in [2.45, 2.75) is 108 Å². The first-order valence-corrected chi connectivity index (χ1v) is 18.4. The molecule has 2 aromatic heterocycles.